The van der Waals surface area contributed by atoms with Crippen LogP contribution in [0.1, 0.15) is 0 Å². The number of oxazole rings is 2. The Kier molecular flexibility index (Phi) is 9.65. The van der Waals surface area contributed by atoms with Crippen LogP contribution in [0.4, 0.5) is 34.1 Å². The van der Waals surface area contributed by atoms with Gasteiger partial charge in [0.05, 0.1) is 22.4 Å². The summed E-state index contributed by atoms with van der Waals surface area (Å²) in [5, 5.41) is 0. The molecule has 0 fully saturated rings. The second-order valence-electron chi connectivity index (χ2n) is 15.9. The standard InChI is InChI=1S/C58H38N6O2/c1-3-17-43(18-4-1)63(45-33-29-39(30-34-45)57-61-51-25-9-11-27-53(51)65-57)47-21-13-15-41(37-47)55-56(60-50-24-8-7-23-49(50)59-55)42-16-14-22-48(38-42)64(44-19-5-2-6-20-44)46-35-31-40(32-36-46)58-62-52-26-10-12-28-54(52)66-58/h1-38H. The average Bonchev–Trinajstić information content (AvgIpc) is 4.03. The van der Waals surface area contributed by atoms with E-state index in [1.54, 1.807) is 0 Å². The molecule has 0 unspecified atom stereocenters. The highest BCUT2D eigenvalue weighted by atomic mass is 16.4. The van der Waals surface area contributed by atoms with Crippen molar-refractivity contribution in [1.29, 1.82) is 0 Å². The van der Waals surface area contributed by atoms with Gasteiger partial charge in [0.2, 0.25) is 11.8 Å². The van der Waals surface area contributed by atoms with E-state index >= 15 is 0 Å². The van der Waals surface area contributed by atoms with Gasteiger partial charge >= 0.3 is 0 Å². The number of nitrogens with zero attached hydrogens (tertiary/aromatic N) is 6. The van der Waals surface area contributed by atoms with Gasteiger partial charge in [0.15, 0.2) is 11.2 Å². The van der Waals surface area contributed by atoms with E-state index in [0.717, 1.165) is 101 Å². The Morgan fingerprint density at radius 2 is 0.606 bits per heavy atom. The van der Waals surface area contributed by atoms with Crippen LogP contribution >= 0.6 is 0 Å². The normalized spacial score (nSPS) is 11.3. The van der Waals surface area contributed by atoms with Crippen LogP contribution in [0, 0.1) is 0 Å². The van der Waals surface area contributed by atoms with Gasteiger partial charge in [-0.1, -0.05) is 97.1 Å². The largest absolute Gasteiger partial charge is 0.436 e. The Hall–Kier alpha value is -9.14. The van der Waals surface area contributed by atoms with Crippen LogP contribution in [0.3, 0.4) is 0 Å². The lowest BCUT2D eigenvalue weighted by atomic mass is 10.0. The second kappa shape index (κ2) is 16.5. The van der Waals surface area contributed by atoms with Gasteiger partial charge < -0.3 is 18.6 Å². The molecule has 0 atom stereocenters. The van der Waals surface area contributed by atoms with Crippen molar-refractivity contribution in [3.8, 4) is 45.4 Å². The lowest BCUT2D eigenvalue weighted by Gasteiger charge is -2.26. The summed E-state index contributed by atoms with van der Waals surface area (Å²) in [5.74, 6) is 1.17. The summed E-state index contributed by atoms with van der Waals surface area (Å²) < 4.78 is 12.2. The van der Waals surface area contributed by atoms with E-state index in [-0.39, 0.29) is 0 Å². The molecular formula is C58H38N6O2. The molecule has 0 bridgehead atoms. The summed E-state index contributed by atoms with van der Waals surface area (Å²) in [6.07, 6.45) is 0. The quantitative estimate of drug-likeness (QED) is 0.135. The van der Waals surface area contributed by atoms with Crippen molar-refractivity contribution in [1.82, 2.24) is 19.9 Å². The molecule has 312 valence electrons. The lowest BCUT2D eigenvalue weighted by molar-refractivity contribution is 0.619. The number of hydrogen-bond acceptors (Lipinski definition) is 8. The zero-order valence-electron chi connectivity index (χ0n) is 35.4. The molecule has 66 heavy (non-hydrogen) atoms. The molecule has 0 saturated carbocycles. The van der Waals surface area contributed by atoms with Gasteiger partial charge in [-0.15, -0.1) is 0 Å². The molecule has 0 aliphatic carbocycles. The molecule has 12 rings (SSSR count). The molecule has 8 heteroatoms. The summed E-state index contributed by atoms with van der Waals surface area (Å²) in [4.78, 5) is 24.7. The molecule has 0 aliphatic heterocycles. The van der Waals surface area contributed by atoms with Crippen LogP contribution in [0.25, 0.3) is 78.7 Å². The maximum Gasteiger partial charge on any atom is 0.227 e. The smallest absolute Gasteiger partial charge is 0.227 e. The highest BCUT2D eigenvalue weighted by Crippen LogP contribution is 2.42. The minimum atomic E-state index is 0.587. The maximum absolute atomic E-state index is 6.11. The van der Waals surface area contributed by atoms with Crippen LogP contribution in [0.5, 0.6) is 0 Å². The highest BCUT2D eigenvalue weighted by molar-refractivity contribution is 5.90. The van der Waals surface area contributed by atoms with E-state index in [1.807, 2.05) is 84.9 Å². The molecule has 0 spiro atoms. The number of aromatic nitrogens is 4. The minimum Gasteiger partial charge on any atom is -0.436 e. The molecule has 0 radical (unpaired) electrons. The predicted molar refractivity (Wildman–Crippen MR) is 266 cm³/mol. The fourth-order valence-electron chi connectivity index (χ4n) is 8.53. The molecule has 12 aromatic rings. The molecule has 0 N–H and O–H groups in total. The minimum absolute atomic E-state index is 0.587. The third-order valence-electron chi connectivity index (χ3n) is 11.7. The molecule has 9 aromatic carbocycles. The van der Waals surface area contributed by atoms with Gasteiger partial charge in [0.25, 0.3) is 0 Å². The van der Waals surface area contributed by atoms with Gasteiger partial charge in [0, 0.05) is 56.4 Å². The van der Waals surface area contributed by atoms with Gasteiger partial charge in [0.1, 0.15) is 11.0 Å². The third-order valence-corrected chi connectivity index (χ3v) is 11.7. The summed E-state index contributed by atoms with van der Waals surface area (Å²) >= 11 is 0. The monoisotopic (exact) mass is 850 g/mol. The zero-order chi connectivity index (χ0) is 43.8. The number of anilines is 6. The number of hydrogen-bond donors (Lipinski definition) is 0. The van der Waals surface area contributed by atoms with Crippen molar-refractivity contribution in [3.05, 3.63) is 231 Å². The van der Waals surface area contributed by atoms with Crippen molar-refractivity contribution in [2.75, 3.05) is 9.80 Å². The Labute approximate surface area is 380 Å². The SMILES string of the molecule is c1ccc(N(c2ccc(-c3nc4ccccc4o3)cc2)c2cccc(-c3nc4ccccc4nc3-c3cccc(N(c4ccccc4)c4ccc(-c5nc6ccccc6o5)cc4)c3)c2)cc1. The van der Waals surface area contributed by atoms with Crippen molar-refractivity contribution in [2.45, 2.75) is 0 Å². The van der Waals surface area contributed by atoms with Crippen LogP contribution in [-0.2, 0) is 0 Å². The Balaban J connectivity index is 0.943. The van der Waals surface area contributed by atoms with Gasteiger partial charge in [-0.3, -0.25) is 0 Å². The summed E-state index contributed by atoms with van der Waals surface area (Å²) in [7, 11) is 0. The third kappa shape index (κ3) is 7.28. The van der Waals surface area contributed by atoms with E-state index in [9.17, 15) is 0 Å². The van der Waals surface area contributed by atoms with Crippen molar-refractivity contribution < 1.29 is 8.83 Å². The molecule has 0 amide bonds. The fraction of sp³-hybridized carbons (Fsp3) is 0. The Bertz CT molecular complexity index is 3350. The molecule has 0 aliphatic rings. The van der Waals surface area contributed by atoms with E-state index in [0.29, 0.717) is 11.8 Å². The molecule has 8 nitrogen and oxygen atoms in total. The molecule has 0 saturated heterocycles. The lowest BCUT2D eigenvalue weighted by Crippen LogP contribution is -2.10. The van der Waals surface area contributed by atoms with Crippen molar-refractivity contribution in [3.63, 3.8) is 0 Å². The molecule has 3 heterocycles. The number of para-hydroxylation sites is 8. The van der Waals surface area contributed by atoms with E-state index in [1.165, 1.54) is 0 Å². The molecule has 3 aromatic heterocycles. The van der Waals surface area contributed by atoms with E-state index in [2.05, 4.69) is 155 Å². The van der Waals surface area contributed by atoms with Crippen LogP contribution < -0.4 is 9.80 Å². The first-order valence-electron chi connectivity index (χ1n) is 21.8. The number of benzene rings is 9. The van der Waals surface area contributed by atoms with Gasteiger partial charge in [-0.2, -0.15) is 0 Å². The number of rotatable bonds is 10. The Morgan fingerprint density at radius 3 is 1.02 bits per heavy atom. The first kappa shape index (κ1) is 38.5. The van der Waals surface area contributed by atoms with E-state index < -0.39 is 0 Å². The fourth-order valence-corrected chi connectivity index (χ4v) is 8.53. The highest BCUT2D eigenvalue weighted by Gasteiger charge is 2.20. The maximum atomic E-state index is 6.11. The molecular weight excluding hydrogens is 813 g/mol. The van der Waals surface area contributed by atoms with Crippen LogP contribution in [0.15, 0.2) is 239 Å². The van der Waals surface area contributed by atoms with Crippen LogP contribution in [-0.4, -0.2) is 19.9 Å². The zero-order valence-corrected chi connectivity index (χ0v) is 35.4. The average molecular weight is 851 g/mol. The topological polar surface area (TPSA) is 84.3 Å². The first-order chi connectivity index (χ1) is 32.7. The first-order valence-corrected chi connectivity index (χ1v) is 21.8. The van der Waals surface area contributed by atoms with Gasteiger partial charge in [-0.05, 0) is 133 Å². The van der Waals surface area contributed by atoms with Crippen molar-refractivity contribution >= 4 is 67.4 Å². The Morgan fingerprint density at radius 1 is 0.258 bits per heavy atom. The second-order valence-corrected chi connectivity index (χ2v) is 15.9. The summed E-state index contributed by atoms with van der Waals surface area (Å²) in [5.41, 5.74) is 16.0. The van der Waals surface area contributed by atoms with Crippen LogP contribution in [0.2, 0.25) is 0 Å². The number of fused-ring (bicyclic) bond motifs is 3. The summed E-state index contributed by atoms with van der Waals surface area (Å²) in [6, 6.07) is 78.2. The van der Waals surface area contributed by atoms with E-state index in [4.69, 9.17) is 28.8 Å². The van der Waals surface area contributed by atoms with Crippen molar-refractivity contribution in [2.24, 2.45) is 0 Å². The predicted octanol–water partition coefficient (Wildman–Crippen LogP) is 15.5. The van der Waals surface area contributed by atoms with Gasteiger partial charge in [-0.25, -0.2) is 19.9 Å². The summed E-state index contributed by atoms with van der Waals surface area (Å²) in [6.45, 7) is 0.